The Labute approximate surface area is 208 Å². The van der Waals surface area contributed by atoms with Crippen LogP contribution in [0.15, 0.2) is 65.9 Å². The van der Waals surface area contributed by atoms with Crippen molar-refractivity contribution >= 4 is 35.2 Å². The minimum Gasteiger partial charge on any atom is -0.443 e. The number of Topliss-reactive ketones (excluding diaryl/α,β-unsaturated/α-hetero) is 1. The molecule has 1 unspecified atom stereocenters. The van der Waals surface area contributed by atoms with E-state index in [1.165, 1.54) is 23.8 Å². The first-order chi connectivity index (χ1) is 16.5. The molecule has 1 fully saturated rings. The first kappa shape index (κ1) is 24.9. The van der Waals surface area contributed by atoms with Gasteiger partial charge in [-0.15, -0.1) is 0 Å². The molecular formula is C27H27NO6S. The zero-order chi connectivity index (χ0) is 25.5. The van der Waals surface area contributed by atoms with Crippen LogP contribution in [0, 0.1) is 5.41 Å². The van der Waals surface area contributed by atoms with Crippen LogP contribution in [0.3, 0.4) is 0 Å². The van der Waals surface area contributed by atoms with E-state index in [0.717, 1.165) is 0 Å². The van der Waals surface area contributed by atoms with Gasteiger partial charge in [0.15, 0.2) is 23.1 Å². The standard InChI is InChI=1S/C27H27NO6S/c1-15-19(22(30)27(2,3)4)28-23(31)21(33-5)24(28)35-26(15)34-25(32)18-13-11-17(12-14-18)20(29)16-9-7-6-8-10-16/h6-14,21,24,26H,1-5H3/t21-,24-,26?/m0/s1. The van der Waals surface area contributed by atoms with Crippen LogP contribution in [0.1, 0.15) is 54.0 Å². The molecule has 2 heterocycles. The lowest BCUT2D eigenvalue weighted by molar-refractivity contribution is -0.160. The number of carbonyl (C=O) groups is 4. The molecule has 3 atom stereocenters. The molecule has 8 heteroatoms. The molecule has 0 spiro atoms. The van der Waals surface area contributed by atoms with Crippen LogP contribution in [-0.2, 0) is 19.1 Å². The number of hydrogen-bond donors (Lipinski definition) is 0. The number of nitrogens with zero attached hydrogens (tertiary/aromatic N) is 1. The number of methoxy groups -OCH3 is 1. The molecule has 0 bridgehead atoms. The summed E-state index contributed by atoms with van der Waals surface area (Å²) >= 11 is 1.26. The molecule has 0 aromatic heterocycles. The van der Waals surface area contributed by atoms with Gasteiger partial charge in [-0.3, -0.25) is 19.3 Å². The summed E-state index contributed by atoms with van der Waals surface area (Å²) in [5.74, 6) is -1.21. The fourth-order valence-electron chi connectivity index (χ4n) is 3.99. The van der Waals surface area contributed by atoms with Gasteiger partial charge >= 0.3 is 5.97 Å². The monoisotopic (exact) mass is 493 g/mol. The molecule has 2 aliphatic rings. The number of ether oxygens (including phenoxy) is 2. The molecule has 1 saturated heterocycles. The molecule has 2 aromatic carbocycles. The van der Waals surface area contributed by atoms with E-state index in [9.17, 15) is 19.2 Å². The smallest absolute Gasteiger partial charge is 0.339 e. The highest BCUT2D eigenvalue weighted by Crippen LogP contribution is 2.47. The van der Waals surface area contributed by atoms with Crippen molar-refractivity contribution in [1.29, 1.82) is 0 Å². The number of hydrogen-bond acceptors (Lipinski definition) is 7. The Hall–Kier alpha value is -3.23. The van der Waals surface area contributed by atoms with Crippen LogP contribution in [0.5, 0.6) is 0 Å². The highest BCUT2D eigenvalue weighted by Gasteiger charge is 2.56. The minimum atomic E-state index is -0.763. The molecule has 1 amide bonds. The first-order valence-electron chi connectivity index (χ1n) is 11.2. The molecule has 0 radical (unpaired) electrons. The molecule has 7 nitrogen and oxygen atoms in total. The zero-order valence-electron chi connectivity index (χ0n) is 20.2. The third kappa shape index (κ3) is 4.56. The second-order valence-corrected chi connectivity index (χ2v) is 10.7. The van der Waals surface area contributed by atoms with E-state index in [-0.39, 0.29) is 28.7 Å². The molecule has 0 N–H and O–H groups in total. The molecule has 0 aliphatic carbocycles. The summed E-state index contributed by atoms with van der Waals surface area (Å²) in [5.41, 5.74) is 0.589. The molecule has 4 rings (SSSR count). The SMILES string of the molecule is CO[C@H]1C(=O)N2C(C(=O)C(C)(C)C)=C(C)C(OC(=O)c3ccc(C(=O)c4ccccc4)cc3)S[C@@H]12. The molecular weight excluding hydrogens is 466 g/mol. The Bertz CT molecular complexity index is 1210. The number of β-lactam (4-membered cyclic amide) rings is 1. The second-order valence-electron chi connectivity index (χ2n) is 9.51. The Balaban J connectivity index is 1.57. The van der Waals surface area contributed by atoms with Crippen molar-refractivity contribution in [2.45, 2.75) is 44.6 Å². The van der Waals surface area contributed by atoms with Crippen molar-refractivity contribution in [3.8, 4) is 0 Å². The van der Waals surface area contributed by atoms with E-state index in [4.69, 9.17) is 9.47 Å². The molecule has 0 saturated carbocycles. The van der Waals surface area contributed by atoms with Crippen LogP contribution >= 0.6 is 11.8 Å². The van der Waals surface area contributed by atoms with Gasteiger partial charge in [-0.25, -0.2) is 4.79 Å². The van der Waals surface area contributed by atoms with Crippen molar-refractivity contribution in [3.63, 3.8) is 0 Å². The van der Waals surface area contributed by atoms with Gasteiger partial charge in [0.25, 0.3) is 5.91 Å². The number of esters is 1. The third-order valence-electron chi connectivity index (χ3n) is 6.01. The maximum absolute atomic E-state index is 13.2. The van der Waals surface area contributed by atoms with Crippen LogP contribution in [0.25, 0.3) is 0 Å². The Morgan fingerprint density at radius 3 is 2.06 bits per heavy atom. The molecule has 2 aliphatic heterocycles. The van der Waals surface area contributed by atoms with Crippen LogP contribution in [-0.4, -0.2) is 52.4 Å². The number of fused-ring (bicyclic) bond motifs is 1. The maximum atomic E-state index is 13.2. The number of amides is 1. The van der Waals surface area contributed by atoms with Gasteiger partial charge in [-0.1, -0.05) is 75.0 Å². The Morgan fingerprint density at radius 1 is 0.914 bits per heavy atom. The maximum Gasteiger partial charge on any atom is 0.339 e. The van der Waals surface area contributed by atoms with E-state index in [1.54, 1.807) is 76.2 Å². The van der Waals surface area contributed by atoms with Crippen LogP contribution in [0.2, 0.25) is 0 Å². The summed E-state index contributed by atoms with van der Waals surface area (Å²) in [6.45, 7) is 7.05. The first-order valence-corrected chi connectivity index (χ1v) is 12.2. The predicted octanol–water partition coefficient (Wildman–Crippen LogP) is 4.22. The summed E-state index contributed by atoms with van der Waals surface area (Å²) < 4.78 is 11.1. The van der Waals surface area contributed by atoms with Gasteiger partial charge in [0.1, 0.15) is 5.37 Å². The Morgan fingerprint density at radius 2 is 1.49 bits per heavy atom. The van der Waals surface area contributed by atoms with Crippen LogP contribution < -0.4 is 0 Å². The summed E-state index contributed by atoms with van der Waals surface area (Å²) in [4.78, 5) is 52.9. The van der Waals surface area contributed by atoms with Crippen molar-refractivity contribution in [3.05, 3.63) is 82.6 Å². The van der Waals surface area contributed by atoms with E-state index >= 15 is 0 Å². The lowest BCUT2D eigenvalue weighted by atomic mass is 9.85. The molecule has 35 heavy (non-hydrogen) atoms. The highest BCUT2D eigenvalue weighted by atomic mass is 32.2. The van der Waals surface area contributed by atoms with Crippen molar-refractivity contribution < 1.29 is 28.7 Å². The zero-order valence-corrected chi connectivity index (χ0v) is 21.0. The third-order valence-corrected chi connectivity index (χ3v) is 7.44. The minimum absolute atomic E-state index is 0.141. The number of rotatable bonds is 6. The number of allylic oxidation sites excluding steroid dienone is 1. The van der Waals surface area contributed by atoms with Gasteiger partial charge in [0.2, 0.25) is 0 Å². The van der Waals surface area contributed by atoms with E-state index in [1.807, 2.05) is 6.07 Å². The van der Waals surface area contributed by atoms with Crippen LogP contribution in [0.4, 0.5) is 0 Å². The van der Waals surface area contributed by atoms with E-state index in [0.29, 0.717) is 16.7 Å². The summed E-state index contributed by atoms with van der Waals surface area (Å²) in [6, 6.07) is 15.2. The van der Waals surface area contributed by atoms with Gasteiger partial charge in [0, 0.05) is 29.2 Å². The van der Waals surface area contributed by atoms with Crippen molar-refractivity contribution in [2.24, 2.45) is 5.41 Å². The second kappa shape index (κ2) is 9.43. The number of benzene rings is 2. The van der Waals surface area contributed by atoms with Crippen molar-refractivity contribution in [2.75, 3.05) is 7.11 Å². The van der Waals surface area contributed by atoms with Gasteiger partial charge in [0.05, 0.1) is 11.3 Å². The number of ketones is 2. The molecule has 182 valence electrons. The fourth-order valence-corrected chi connectivity index (χ4v) is 5.41. The fraction of sp³-hybridized carbons (Fsp3) is 0.333. The summed E-state index contributed by atoms with van der Waals surface area (Å²) in [5, 5.41) is -0.457. The van der Waals surface area contributed by atoms with Gasteiger partial charge < -0.3 is 9.47 Å². The lowest BCUT2D eigenvalue weighted by Crippen LogP contribution is -2.66. The van der Waals surface area contributed by atoms with E-state index < -0.39 is 28.3 Å². The highest BCUT2D eigenvalue weighted by molar-refractivity contribution is 8.00. The topological polar surface area (TPSA) is 90.0 Å². The van der Waals surface area contributed by atoms with Gasteiger partial charge in [-0.05, 0) is 19.1 Å². The van der Waals surface area contributed by atoms with Gasteiger partial charge in [-0.2, -0.15) is 0 Å². The largest absolute Gasteiger partial charge is 0.443 e. The number of thioether (sulfide) groups is 1. The average Bonchev–Trinajstić information content (AvgIpc) is 2.84. The quantitative estimate of drug-likeness (QED) is 0.338. The summed E-state index contributed by atoms with van der Waals surface area (Å²) in [7, 11) is 1.44. The normalized spacial score (nSPS) is 21.8. The molecule has 2 aromatic rings. The van der Waals surface area contributed by atoms with E-state index in [2.05, 4.69) is 0 Å². The van der Waals surface area contributed by atoms with Crippen molar-refractivity contribution in [1.82, 2.24) is 4.90 Å². The Kier molecular flexibility index (Phi) is 6.71. The lowest BCUT2D eigenvalue weighted by Gasteiger charge is -2.51. The number of carbonyl (C=O) groups excluding carboxylic acids is 4. The average molecular weight is 494 g/mol. The predicted molar refractivity (Wildman–Crippen MR) is 132 cm³/mol. The summed E-state index contributed by atoms with van der Waals surface area (Å²) in [6.07, 6.45) is -0.708.